The lowest BCUT2D eigenvalue weighted by atomic mass is 10.0. The second-order valence-corrected chi connectivity index (χ2v) is 6.89. The van der Waals surface area contributed by atoms with Crippen LogP contribution in [0.15, 0.2) is 65.5 Å². The molecule has 0 saturated carbocycles. The van der Waals surface area contributed by atoms with Gasteiger partial charge in [0.1, 0.15) is 9.58 Å². The van der Waals surface area contributed by atoms with Gasteiger partial charge >= 0.3 is 0 Å². The van der Waals surface area contributed by atoms with E-state index < -0.39 is 0 Å². The molecule has 2 aliphatic rings. The van der Waals surface area contributed by atoms with Crippen molar-refractivity contribution in [3.63, 3.8) is 0 Å². The zero-order valence-corrected chi connectivity index (χ0v) is 16.1. The molecule has 0 spiro atoms. The molecule has 2 aromatic rings. The summed E-state index contributed by atoms with van der Waals surface area (Å²) >= 11 is 1.64. The van der Waals surface area contributed by atoms with Gasteiger partial charge in [0, 0.05) is 30.9 Å². The molecule has 126 valence electrons. The number of H-pyrrole nitrogens is 1. The van der Waals surface area contributed by atoms with Gasteiger partial charge in [-0.25, -0.2) is 4.98 Å². The number of anilines is 1. The van der Waals surface area contributed by atoms with Gasteiger partial charge in [0.2, 0.25) is 11.2 Å². The van der Waals surface area contributed by atoms with E-state index in [9.17, 15) is 4.79 Å². The van der Waals surface area contributed by atoms with Crippen molar-refractivity contribution in [2.24, 2.45) is 0 Å². The topological polar surface area (TPSA) is 43.2 Å². The Morgan fingerprint density at radius 1 is 1.04 bits per heavy atom. The summed E-state index contributed by atoms with van der Waals surface area (Å²) in [4.78, 5) is 16.0. The number of halogens is 1. The molecule has 2 aromatic carbocycles. The van der Waals surface area contributed by atoms with Crippen molar-refractivity contribution in [1.82, 2.24) is 0 Å². The summed E-state index contributed by atoms with van der Waals surface area (Å²) < 4.78 is 1.13. The summed E-state index contributed by atoms with van der Waals surface area (Å²) in [6, 6.07) is 20.0. The summed E-state index contributed by atoms with van der Waals surface area (Å²) in [6.07, 6.45) is 0.878. The van der Waals surface area contributed by atoms with E-state index in [2.05, 4.69) is 46.7 Å². The Labute approximate surface area is 160 Å². The van der Waals surface area contributed by atoms with Gasteiger partial charge in [0.05, 0.1) is 0 Å². The predicted octanol–water partition coefficient (Wildman–Crippen LogP) is 0.817. The standard InChI is InChI=1S/C20H16N2OS.BrH/c1-21-17-12-20-18(10-14(17)9-13-5-3-2-4-6-13)22-16-8-7-15(23)11-19(16)24-20;/h2-8,10-12,21H,9H2,1H3;1H. The van der Waals surface area contributed by atoms with E-state index in [1.165, 1.54) is 11.1 Å². The number of hydrogen-bond acceptors (Lipinski definition) is 3. The van der Waals surface area contributed by atoms with Crippen molar-refractivity contribution in [1.29, 1.82) is 0 Å². The average molecular weight is 413 g/mol. The van der Waals surface area contributed by atoms with Crippen LogP contribution in [0.2, 0.25) is 0 Å². The van der Waals surface area contributed by atoms with Crippen LogP contribution in [0, 0.1) is 0 Å². The molecule has 0 atom stereocenters. The maximum Gasteiger partial charge on any atom is 0.221 e. The predicted molar refractivity (Wildman–Crippen MR) is 100 cm³/mol. The first-order valence-electron chi connectivity index (χ1n) is 7.87. The molecule has 0 amide bonds. The Bertz CT molecular complexity index is 1050. The molecular weight excluding hydrogens is 396 g/mol. The third kappa shape index (κ3) is 3.57. The van der Waals surface area contributed by atoms with Crippen LogP contribution in [0.3, 0.4) is 0 Å². The highest BCUT2D eigenvalue weighted by molar-refractivity contribution is 7.21. The molecular formula is C20H17BrN2OS. The minimum Gasteiger partial charge on any atom is -1.00 e. The van der Waals surface area contributed by atoms with Gasteiger partial charge in [0.25, 0.3) is 0 Å². The van der Waals surface area contributed by atoms with Gasteiger partial charge in [-0.3, -0.25) is 4.79 Å². The summed E-state index contributed by atoms with van der Waals surface area (Å²) in [5.74, 6) is 0. The minimum atomic E-state index is 0. The molecule has 5 heteroatoms. The lowest BCUT2D eigenvalue weighted by molar-refractivity contribution is -0.330. The SMILES string of the molecule is CNc1cc2sc3cc(=O)ccc-3[nH+]c2cc1Cc1ccccc1.[Br-]. The second kappa shape index (κ2) is 7.33. The van der Waals surface area contributed by atoms with Crippen molar-refractivity contribution in [3.8, 4) is 10.6 Å². The second-order valence-electron chi connectivity index (χ2n) is 5.80. The fraction of sp³-hybridized carbons (Fsp3) is 0.100. The number of hydrogen-bond donors (Lipinski definition) is 1. The molecule has 1 heterocycles. The van der Waals surface area contributed by atoms with E-state index in [1.807, 2.05) is 19.2 Å². The van der Waals surface area contributed by atoms with Crippen molar-refractivity contribution in [3.05, 3.63) is 82.0 Å². The highest BCUT2D eigenvalue weighted by Gasteiger charge is 2.16. The first kappa shape index (κ1) is 17.6. The summed E-state index contributed by atoms with van der Waals surface area (Å²) in [5.41, 5.74) is 5.79. The molecule has 0 unspecified atom stereocenters. The quantitative estimate of drug-likeness (QED) is 0.506. The molecule has 0 radical (unpaired) electrons. The molecule has 2 N–H and O–H groups in total. The Morgan fingerprint density at radius 3 is 2.60 bits per heavy atom. The number of benzene rings is 3. The van der Waals surface area contributed by atoms with E-state index in [-0.39, 0.29) is 22.4 Å². The largest absolute Gasteiger partial charge is 1.00 e. The summed E-state index contributed by atoms with van der Waals surface area (Å²) in [6.45, 7) is 0. The smallest absolute Gasteiger partial charge is 0.221 e. The van der Waals surface area contributed by atoms with E-state index in [0.29, 0.717) is 0 Å². The molecule has 25 heavy (non-hydrogen) atoms. The molecule has 4 rings (SSSR count). The first-order valence-corrected chi connectivity index (χ1v) is 8.69. The van der Waals surface area contributed by atoms with Gasteiger partial charge in [0.15, 0.2) is 5.43 Å². The van der Waals surface area contributed by atoms with E-state index >= 15 is 0 Å². The fourth-order valence-corrected chi connectivity index (χ4v) is 3.99. The van der Waals surface area contributed by atoms with Crippen LogP contribution < -0.4 is 32.7 Å². The molecule has 0 saturated heterocycles. The van der Waals surface area contributed by atoms with Crippen molar-refractivity contribution in [2.45, 2.75) is 6.42 Å². The molecule has 3 nitrogen and oxygen atoms in total. The van der Waals surface area contributed by atoms with Crippen LogP contribution in [0.1, 0.15) is 11.1 Å². The molecule has 1 aliphatic heterocycles. The molecule has 0 bridgehead atoms. The molecule has 0 aromatic heterocycles. The van der Waals surface area contributed by atoms with Gasteiger partial charge in [-0.1, -0.05) is 30.3 Å². The highest BCUT2D eigenvalue weighted by atomic mass is 79.9. The van der Waals surface area contributed by atoms with E-state index in [0.717, 1.165) is 32.9 Å². The van der Waals surface area contributed by atoms with E-state index in [1.54, 1.807) is 23.5 Å². The maximum atomic E-state index is 11.6. The Hall–Kier alpha value is -2.24. The third-order valence-electron chi connectivity index (χ3n) is 4.15. The summed E-state index contributed by atoms with van der Waals surface area (Å²) in [5, 5.41) is 3.30. The molecule has 1 aliphatic carbocycles. The van der Waals surface area contributed by atoms with Gasteiger partial charge in [-0.15, -0.1) is 11.3 Å². The first-order chi connectivity index (χ1) is 11.7. The minimum absolute atomic E-state index is 0. The van der Waals surface area contributed by atoms with Crippen molar-refractivity contribution < 1.29 is 22.0 Å². The number of aromatic amines is 1. The summed E-state index contributed by atoms with van der Waals surface area (Å²) in [7, 11) is 1.95. The van der Waals surface area contributed by atoms with Crippen molar-refractivity contribution >= 4 is 27.2 Å². The zero-order chi connectivity index (χ0) is 16.5. The van der Waals surface area contributed by atoms with Gasteiger partial charge < -0.3 is 22.3 Å². The number of aromatic nitrogens is 1. The maximum absolute atomic E-state index is 11.6. The monoisotopic (exact) mass is 412 g/mol. The zero-order valence-electron chi connectivity index (χ0n) is 13.7. The Morgan fingerprint density at radius 2 is 1.84 bits per heavy atom. The Kier molecular flexibility index (Phi) is 5.16. The average Bonchev–Trinajstić information content (AvgIpc) is 2.60. The van der Waals surface area contributed by atoms with Crippen LogP contribution in [-0.2, 0) is 6.42 Å². The highest BCUT2D eigenvalue weighted by Crippen LogP contribution is 2.31. The molecule has 0 fully saturated rings. The Balaban J connectivity index is 0.00000182. The van der Waals surface area contributed by atoms with Crippen LogP contribution in [0.25, 0.3) is 20.8 Å². The number of nitrogens with one attached hydrogen (secondary N) is 2. The van der Waals surface area contributed by atoms with Crippen LogP contribution in [-0.4, -0.2) is 7.05 Å². The fourth-order valence-electron chi connectivity index (χ4n) is 2.96. The number of rotatable bonds is 3. The van der Waals surface area contributed by atoms with Crippen LogP contribution in [0.5, 0.6) is 0 Å². The van der Waals surface area contributed by atoms with Crippen LogP contribution >= 0.6 is 11.3 Å². The number of fused-ring (bicyclic) bond motifs is 2. The lowest BCUT2D eigenvalue weighted by Crippen LogP contribution is -3.00. The van der Waals surface area contributed by atoms with Crippen LogP contribution in [0.4, 0.5) is 5.69 Å². The van der Waals surface area contributed by atoms with Gasteiger partial charge in [-0.05, 0) is 29.7 Å². The normalized spacial score (nSPS) is 10.6. The lowest BCUT2D eigenvalue weighted by Gasteiger charge is -2.10. The van der Waals surface area contributed by atoms with Gasteiger partial charge in [-0.2, -0.15) is 0 Å². The van der Waals surface area contributed by atoms with Crippen molar-refractivity contribution in [2.75, 3.05) is 12.4 Å². The third-order valence-corrected chi connectivity index (χ3v) is 5.27. The van der Waals surface area contributed by atoms with E-state index in [4.69, 9.17) is 0 Å².